The molecule has 1 aliphatic carbocycles. The smallest absolute Gasteiger partial charge is 0.216 e. The molecule has 0 aromatic carbocycles. The van der Waals surface area contributed by atoms with Gasteiger partial charge in [0.2, 0.25) is 10.0 Å². The first kappa shape index (κ1) is 11.9. The number of aliphatic hydroxyl groups is 1. The van der Waals surface area contributed by atoms with Crippen LogP contribution in [-0.4, -0.2) is 31.9 Å². The zero-order valence-corrected chi connectivity index (χ0v) is 9.39. The monoisotopic (exact) mass is 221 g/mol. The minimum atomic E-state index is -3.30. The van der Waals surface area contributed by atoms with Crippen LogP contribution in [0.25, 0.3) is 0 Å². The van der Waals surface area contributed by atoms with Gasteiger partial charge in [-0.05, 0) is 25.7 Å². The highest BCUT2D eigenvalue weighted by Crippen LogP contribution is 2.23. The summed E-state index contributed by atoms with van der Waals surface area (Å²) in [6.07, 6.45) is 4.66. The highest BCUT2D eigenvalue weighted by molar-refractivity contribution is 7.90. The lowest BCUT2D eigenvalue weighted by Crippen LogP contribution is -2.37. The van der Waals surface area contributed by atoms with Gasteiger partial charge in [0.25, 0.3) is 0 Å². The van der Waals surface area contributed by atoms with Crippen LogP contribution in [0, 0.1) is 5.92 Å². The fourth-order valence-corrected chi connectivity index (χ4v) is 2.64. The average Bonchev–Trinajstić information content (AvgIpc) is 2.66. The first-order valence-electron chi connectivity index (χ1n) is 5.15. The van der Waals surface area contributed by atoms with Gasteiger partial charge in [0.05, 0.1) is 11.9 Å². The lowest BCUT2D eigenvalue weighted by Gasteiger charge is -2.14. The Morgan fingerprint density at radius 3 is 2.50 bits per heavy atom. The first-order valence-corrected chi connectivity index (χ1v) is 6.70. The molecule has 0 aliphatic heterocycles. The van der Waals surface area contributed by atoms with Crippen LogP contribution in [0.5, 0.6) is 0 Å². The molecule has 1 atom stereocenters. The first-order chi connectivity index (χ1) is 6.56. The van der Waals surface area contributed by atoms with Crippen molar-refractivity contribution in [2.45, 2.75) is 37.9 Å². The molecule has 2 N–H and O–H groups in total. The number of sulfonamides is 1. The normalized spacial score (nSPS) is 21.3. The summed E-state index contributed by atoms with van der Waals surface area (Å²) >= 11 is 0. The third kappa shape index (κ3) is 3.22. The van der Waals surface area contributed by atoms with Gasteiger partial charge in [0.1, 0.15) is 0 Å². The molecule has 0 aromatic heterocycles. The second-order valence-electron chi connectivity index (χ2n) is 4.04. The lowest BCUT2D eigenvalue weighted by molar-refractivity contribution is 0.294. The summed E-state index contributed by atoms with van der Waals surface area (Å²) in [6.45, 7) is 1.73. The van der Waals surface area contributed by atoms with E-state index in [4.69, 9.17) is 5.11 Å². The molecule has 5 heteroatoms. The van der Waals surface area contributed by atoms with Crippen LogP contribution in [0.2, 0.25) is 0 Å². The van der Waals surface area contributed by atoms with E-state index in [2.05, 4.69) is 4.72 Å². The zero-order valence-electron chi connectivity index (χ0n) is 8.57. The highest BCUT2D eigenvalue weighted by atomic mass is 32.2. The van der Waals surface area contributed by atoms with Crippen LogP contribution < -0.4 is 4.72 Å². The molecule has 0 spiro atoms. The molecule has 1 saturated carbocycles. The van der Waals surface area contributed by atoms with Crippen LogP contribution in [0.4, 0.5) is 0 Å². The molecule has 0 saturated heterocycles. The fraction of sp³-hybridized carbons (Fsp3) is 1.00. The zero-order chi connectivity index (χ0) is 10.6. The van der Waals surface area contributed by atoms with E-state index in [-0.39, 0.29) is 6.61 Å². The fourth-order valence-electron chi connectivity index (χ4n) is 1.69. The molecule has 0 bridgehead atoms. The van der Waals surface area contributed by atoms with Crippen molar-refractivity contribution in [3.8, 4) is 0 Å². The largest absolute Gasteiger partial charge is 0.395 e. The Morgan fingerprint density at radius 1 is 1.43 bits per heavy atom. The molecule has 0 radical (unpaired) electrons. The molecule has 4 nitrogen and oxygen atoms in total. The molecule has 84 valence electrons. The van der Waals surface area contributed by atoms with E-state index >= 15 is 0 Å². The van der Waals surface area contributed by atoms with Gasteiger partial charge in [-0.15, -0.1) is 0 Å². The molecule has 0 heterocycles. The minimum absolute atomic E-state index is 0.319. The highest BCUT2D eigenvalue weighted by Gasteiger charge is 2.22. The number of rotatable bonds is 5. The van der Waals surface area contributed by atoms with E-state index in [9.17, 15) is 8.42 Å². The molecule has 1 unspecified atom stereocenters. The van der Waals surface area contributed by atoms with Gasteiger partial charge in [0.15, 0.2) is 0 Å². The van der Waals surface area contributed by atoms with E-state index in [1.54, 1.807) is 0 Å². The van der Waals surface area contributed by atoms with Crippen molar-refractivity contribution in [1.82, 2.24) is 4.72 Å². The molecular weight excluding hydrogens is 202 g/mol. The average molecular weight is 221 g/mol. The van der Waals surface area contributed by atoms with Gasteiger partial charge in [0, 0.05) is 6.54 Å². The lowest BCUT2D eigenvalue weighted by atomic mass is 10.1. The SMILES string of the molecule is CC(CO)S(=O)(=O)NCC1CCCC1. The Bertz CT molecular complexity index is 257. The molecule has 1 fully saturated rings. The van der Waals surface area contributed by atoms with Gasteiger partial charge in [-0.25, -0.2) is 13.1 Å². The van der Waals surface area contributed by atoms with E-state index in [0.717, 1.165) is 12.8 Å². The summed E-state index contributed by atoms with van der Waals surface area (Å²) in [5, 5.41) is 8.04. The molecule has 1 rings (SSSR count). The van der Waals surface area contributed by atoms with E-state index in [1.807, 2.05) is 0 Å². The van der Waals surface area contributed by atoms with Crippen molar-refractivity contribution in [2.75, 3.05) is 13.2 Å². The number of nitrogens with one attached hydrogen (secondary N) is 1. The third-order valence-electron chi connectivity index (χ3n) is 2.83. The van der Waals surface area contributed by atoms with Crippen molar-refractivity contribution >= 4 is 10.0 Å². The predicted molar refractivity (Wildman–Crippen MR) is 55.4 cm³/mol. The van der Waals surface area contributed by atoms with E-state index < -0.39 is 15.3 Å². The topological polar surface area (TPSA) is 66.4 Å². The molecule has 14 heavy (non-hydrogen) atoms. The maximum atomic E-state index is 11.4. The summed E-state index contributed by atoms with van der Waals surface area (Å²) in [7, 11) is -3.30. The van der Waals surface area contributed by atoms with Crippen molar-refractivity contribution in [2.24, 2.45) is 5.92 Å². The maximum absolute atomic E-state index is 11.4. The van der Waals surface area contributed by atoms with Crippen LogP contribution in [0.15, 0.2) is 0 Å². The van der Waals surface area contributed by atoms with Gasteiger partial charge < -0.3 is 5.11 Å². The molecule has 0 aromatic rings. The Labute approximate surface area is 85.8 Å². The number of aliphatic hydroxyl groups excluding tert-OH is 1. The Hall–Kier alpha value is -0.130. The molecule has 1 aliphatic rings. The number of hydrogen-bond acceptors (Lipinski definition) is 3. The second-order valence-corrected chi connectivity index (χ2v) is 6.22. The van der Waals surface area contributed by atoms with E-state index in [0.29, 0.717) is 12.5 Å². The summed E-state index contributed by atoms with van der Waals surface area (Å²) in [4.78, 5) is 0. The summed E-state index contributed by atoms with van der Waals surface area (Å²) < 4.78 is 25.5. The quantitative estimate of drug-likeness (QED) is 0.709. The minimum Gasteiger partial charge on any atom is -0.395 e. The maximum Gasteiger partial charge on any atom is 0.216 e. The summed E-state index contributed by atoms with van der Waals surface area (Å²) in [6, 6.07) is 0. The van der Waals surface area contributed by atoms with E-state index in [1.165, 1.54) is 19.8 Å². The van der Waals surface area contributed by atoms with Gasteiger partial charge in [-0.3, -0.25) is 0 Å². The van der Waals surface area contributed by atoms with Crippen molar-refractivity contribution in [3.63, 3.8) is 0 Å². The van der Waals surface area contributed by atoms with Crippen molar-refractivity contribution in [3.05, 3.63) is 0 Å². The Morgan fingerprint density at radius 2 is 2.00 bits per heavy atom. The second kappa shape index (κ2) is 5.09. The van der Waals surface area contributed by atoms with Gasteiger partial charge in [-0.1, -0.05) is 12.8 Å². The van der Waals surface area contributed by atoms with Gasteiger partial charge in [-0.2, -0.15) is 0 Å². The van der Waals surface area contributed by atoms with Crippen LogP contribution in [-0.2, 0) is 10.0 Å². The van der Waals surface area contributed by atoms with Gasteiger partial charge >= 0.3 is 0 Å². The van der Waals surface area contributed by atoms with Crippen LogP contribution >= 0.6 is 0 Å². The standard InChI is InChI=1S/C9H19NO3S/c1-8(7-11)14(12,13)10-6-9-4-2-3-5-9/h8-11H,2-7H2,1H3. The molecular formula is C9H19NO3S. The Kier molecular flexibility index (Phi) is 4.34. The van der Waals surface area contributed by atoms with Crippen molar-refractivity contribution < 1.29 is 13.5 Å². The molecule has 0 amide bonds. The van der Waals surface area contributed by atoms with Crippen LogP contribution in [0.3, 0.4) is 0 Å². The van der Waals surface area contributed by atoms with Crippen LogP contribution in [0.1, 0.15) is 32.6 Å². The Balaban J connectivity index is 2.35. The predicted octanol–water partition coefficient (Wildman–Crippen LogP) is 0.477. The number of hydrogen-bond donors (Lipinski definition) is 2. The summed E-state index contributed by atoms with van der Waals surface area (Å²) in [5.41, 5.74) is 0. The summed E-state index contributed by atoms with van der Waals surface area (Å²) in [5.74, 6) is 0.496. The van der Waals surface area contributed by atoms with Crippen molar-refractivity contribution in [1.29, 1.82) is 0 Å². The third-order valence-corrected chi connectivity index (χ3v) is 4.61.